The third-order valence-electron chi connectivity index (χ3n) is 2.55. The molecular formula is C14H13BrClNO. The Balaban J connectivity index is 2.12. The monoisotopic (exact) mass is 325 g/mol. The van der Waals surface area contributed by atoms with Gasteiger partial charge in [-0.15, -0.1) is 0 Å². The normalized spacial score (nSPS) is 10.2. The molecule has 18 heavy (non-hydrogen) atoms. The predicted molar refractivity (Wildman–Crippen MR) is 79.5 cm³/mol. The SMILES string of the molecule is COc1ccc(Cl)cc1CNc1cccc(Br)c1. The molecule has 0 unspecified atom stereocenters. The largest absolute Gasteiger partial charge is 0.496 e. The molecule has 0 bridgehead atoms. The molecule has 0 radical (unpaired) electrons. The lowest BCUT2D eigenvalue weighted by Gasteiger charge is -2.11. The van der Waals surface area contributed by atoms with Crippen LogP contribution in [0.15, 0.2) is 46.9 Å². The van der Waals surface area contributed by atoms with Crippen molar-refractivity contribution >= 4 is 33.2 Å². The van der Waals surface area contributed by atoms with Crippen LogP contribution in [0.3, 0.4) is 0 Å². The molecule has 0 aliphatic carbocycles. The Hall–Kier alpha value is -1.19. The molecule has 1 N–H and O–H groups in total. The summed E-state index contributed by atoms with van der Waals surface area (Å²) in [7, 11) is 1.66. The van der Waals surface area contributed by atoms with Crippen molar-refractivity contribution in [2.24, 2.45) is 0 Å². The van der Waals surface area contributed by atoms with E-state index in [0.717, 1.165) is 21.5 Å². The lowest BCUT2D eigenvalue weighted by atomic mass is 10.2. The van der Waals surface area contributed by atoms with E-state index in [4.69, 9.17) is 16.3 Å². The highest BCUT2D eigenvalue weighted by molar-refractivity contribution is 9.10. The van der Waals surface area contributed by atoms with E-state index in [0.29, 0.717) is 11.6 Å². The molecule has 2 aromatic carbocycles. The van der Waals surface area contributed by atoms with Crippen LogP contribution in [0.5, 0.6) is 5.75 Å². The van der Waals surface area contributed by atoms with Gasteiger partial charge < -0.3 is 10.1 Å². The maximum absolute atomic E-state index is 5.99. The molecule has 2 rings (SSSR count). The maximum Gasteiger partial charge on any atom is 0.123 e. The van der Waals surface area contributed by atoms with E-state index in [1.54, 1.807) is 7.11 Å². The average Bonchev–Trinajstić information content (AvgIpc) is 2.37. The Labute approximate surface area is 120 Å². The van der Waals surface area contributed by atoms with Gasteiger partial charge in [-0.3, -0.25) is 0 Å². The number of benzene rings is 2. The first-order valence-corrected chi connectivity index (χ1v) is 6.68. The van der Waals surface area contributed by atoms with Gasteiger partial charge in [0.25, 0.3) is 0 Å². The van der Waals surface area contributed by atoms with Crippen LogP contribution >= 0.6 is 27.5 Å². The van der Waals surface area contributed by atoms with Crippen LogP contribution in [0.2, 0.25) is 5.02 Å². The quantitative estimate of drug-likeness (QED) is 0.877. The topological polar surface area (TPSA) is 21.3 Å². The molecule has 0 atom stereocenters. The molecule has 0 aliphatic heterocycles. The number of rotatable bonds is 4. The standard InChI is InChI=1S/C14H13BrClNO/c1-18-14-6-5-12(16)7-10(14)9-17-13-4-2-3-11(15)8-13/h2-8,17H,9H2,1H3. The number of nitrogens with one attached hydrogen (secondary N) is 1. The zero-order valence-electron chi connectivity index (χ0n) is 9.91. The van der Waals surface area contributed by atoms with E-state index in [9.17, 15) is 0 Å². The van der Waals surface area contributed by atoms with Gasteiger partial charge in [0, 0.05) is 27.3 Å². The molecule has 0 amide bonds. The highest BCUT2D eigenvalue weighted by Gasteiger charge is 2.03. The summed E-state index contributed by atoms with van der Waals surface area (Å²) in [4.78, 5) is 0. The first-order valence-electron chi connectivity index (χ1n) is 5.51. The van der Waals surface area contributed by atoms with Crippen molar-refractivity contribution in [3.05, 3.63) is 57.5 Å². The van der Waals surface area contributed by atoms with E-state index in [-0.39, 0.29) is 0 Å². The fourth-order valence-electron chi connectivity index (χ4n) is 1.68. The van der Waals surface area contributed by atoms with Crippen molar-refractivity contribution in [3.63, 3.8) is 0 Å². The number of hydrogen-bond acceptors (Lipinski definition) is 2. The molecular weight excluding hydrogens is 314 g/mol. The van der Waals surface area contributed by atoms with E-state index in [1.807, 2.05) is 42.5 Å². The number of ether oxygens (including phenoxy) is 1. The highest BCUT2D eigenvalue weighted by atomic mass is 79.9. The van der Waals surface area contributed by atoms with E-state index >= 15 is 0 Å². The fraction of sp³-hybridized carbons (Fsp3) is 0.143. The van der Waals surface area contributed by atoms with Gasteiger partial charge in [0.05, 0.1) is 7.11 Å². The van der Waals surface area contributed by atoms with Gasteiger partial charge in [-0.05, 0) is 36.4 Å². The zero-order chi connectivity index (χ0) is 13.0. The molecule has 0 saturated carbocycles. The summed E-state index contributed by atoms with van der Waals surface area (Å²) in [6.45, 7) is 0.667. The highest BCUT2D eigenvalue weighted by Crippen LogP contribution is 2.24. The van der Waals surface area contributed by atoms with Gasteiger partial charge in [0.15, 0.2) is 0 Å². The first-order chi connectivity index (χ1) is 8.69. The van der Waals surface area contributed by atoms with Gasteiger partial charge in [-0.2, -0.15) is 0 Å². The summed E-state index contributed by atoms with van der Waals surface area (Å²) in [6.07, 6.45) is 0. The molecule has 2 nitrogen and oxygen atoms in total. The number of halogens is 2. The summed E-state index contributed by atoms with van der Waals surface area (Å²) in [5.41, 5.74) is 2.08. The van der Waals surface area contributed by atoms with Crippen LogP contribution in [0.1, 0.15) is 5.56 Å². The number of methoxy groups -OCH3 is 1. The van der Waals surface area contributed by atoms with Crippen LogP contribution in [-0.4, -0.2) is 7.11 Å². The van der Waals surface area contributed by atoms with Crippen LogP contribution in [0.25, 0.3) is 0 Å². The average molecular weight is 327 g/mol. The van der Waals surface area contributed by atoms with Crippen molar-refractivity contribution in [1.82, 2.24) is 0 Å². The minimum atomic E-state index is 0.667. The fourth-order valence-corrected chi connectivity index (χ4v) is 2.27. The summed E-state index contributed by atoms with van der Waals surface area (Å²) in [6, 6.07) is 13.6. The summed E-state index contributed by atoms with van der Waals surface area (Å²) < 4.78 is 6.35. The van der Waals surface area contributed by atoms with Gasteiger partial charge >= 0.3 is 0 Å². The van der Waals surface area contributed by atoms with E-state index in [2.05, 4.69) is 21.2 Å². The Morgan fingerprint density at radius 3 is 2.78 bits per heavy atom. The minimum Gasteiger partial charge on any atom is -0.496 e. The van der Waals surface area contributed by atoms with Gasteiger partial charge in [-0.25, -0.2) is 0 Å². The van der Waals surface area contributed by atoms with E-state index < -0.39 is 0 Å². The minimum absolute atomic E-state index is 0.667. The molecule has 4 heteroatoms. The van der Waals surface area contributed by atoms with E-state index in [1.165, 1.54) is 0 Å². The first kappa shape index (κ1) is 13.2. The van der Waals surface area contributed by atoms with Gasteiger partial charge in [0.2, 0.25) is 0 Å². The van der Waals surface area contributed by atoms with Crippen molar-refractivity contribution in [2.45, 2.75) is 6.54 Å². The summed E-state index contributed by atoms with van der Waals surface area (Å²) in [5, 5.41) is 4.05. The lowest BCUT2D eigenvalue weighted by molar-refractivity contribution is 0.410. The second-order valence-electron chi connectivity index (χ2n) is 3.82. The van der Waals surface area contributed by atoms with Gasteiger partial charge in [-0.1, -0.05) is 33.6 Å². The van der Waals surface area contributed by atoms with Gasteiger partial charge in [0.1, 0.15) is 5.75 Å². The van der Waals surface area contributed by atoms with Crippen LogP contribution < -0.4 is 10.1 Å². The van der Waals surface area contributed by atoms with Crippen LogP contribution in [0.4, 0.5) is 5.69 Å². The summed E-state index contributed by atoms with van der Waals surface area (Å²) in [5.74, 6) is 0.835. The van der Waals surface area contributed by atoms with Crippen molar-refractivity contribution in [1.29, 1.82) is 0 Å². The zero-order valence-corrected chi connectivity index (χ0v) is 12.3. The number of anilines is 1. The smallest absolute Gasteiger partial charge is 0.123 e. The summed E-state index contributed by atoms with van der Waals surface area (Å²) >= 11 is 9.43. The Morgan fingerprint density at radius 1 is 1.22 bits per heavy atom. The molecule has 2 aromatic rings. The molecule has 94 valence electrons. The third-order valence-corrected chi connectivity index (χ3v) is 3.28. The van der Waals surface area contributed by atoms with Crippen molar-refractivity contribution in [3.8, 4) is 5.75 Å². The molecule has 0 fully saturated rings. The lowest BCUT2D eigenvalue weighted by Crippen LogP contribution is -2.01. The van der Waals surface area contributed by atoms with Crippen LogP contribution in [0, 0.1) is 0 Å². The maximum atomic E-state index is 5.99. The Morgan fingerprint density at radius 2 is 2.06 bits per heavy atom. The van der Waals surface area contributed by atoms with Crippen molar-refractivity contribution < 1.29 is 4.74 Å². The Bertz CT molecular complexity index is 545. The molecule has 0 aliphatic rings. The molecule has 0 saturated heterocycles. The van der Waals surface area contributed by atoms with Crippen LogP contribution in [-0.2, 0) is 6.54 Å². The van der Waals surface area contributed by atoms with Crippen molar-refractivity contribution in [2.75, 3.05) is 12.4 Å². The second-order valence-corrected chi connectivity index (χ2v) is 5.17. The predicted octanol–water partition coefficient (Wildman–Crippen LogP) is 4.72. The molecule has 0 heterocycles. The second kappa shape index (κ2) is 6.12. The Kier molecular flexibility index (Phi) is 4.50. The third kappa shape index (κ3) is 3.40. The molecule has 0 aromatic heterocycles. The molecule has 0 spiro atoms. The number of hydrogen-bond donors (Lipinski definition) is 1.